The molecule has 1 aromatic rings. The number of nitrogens with two attached hydrogens (primary N) is 3. The molecule has 0 saturated heterocycles. The van der Waals surface area contributed by atoms with Crippen LogP contribution in [-0.2, 0) is 25.6 Å². The summed E-state index contributed by atoms with van der Waals surface area (Å²) in [5.74, 6) is -2.93. The van der Waals surface area contributed by atoms with Crippen molar-refractivity contribution in [2.75, 3.05) is 19.6 Å². The van der Waals surface area contributed by atoms with Crippen molar-refractivity contribution in [3.8, 4) is 0 Å². The second kappa shape index (κ2) is 15.7. The van der Waals surface area contributed by atoms with E-state index < -0.39 is 41.8 Å². The van der Waals surface area contributed by atoms with Crippen LogP contribution in [0.4, 0.5) is 0 Å². The number of unbranched alkanes of at least 4 members (excludes halogenated alkanes) is 2. The Bertz CT molecular complexity index is 743. The summed E-state index contributed by atoms with van der Waals surface area (Å²) in [6.45, 7) is 0.563. The zero-order valence-corrected chi connectivity index (χ0v) is 18.7. The number of aliphatic carboxylic acids is 1. The van der Waals surface area contributed by atoms with E-state index in [1.54, 1.807) is 0 Å². The smallest absolute Gasteiger partial charge is 0.326 e. The van der Waals surface area contributed by atoms with Crippen LogP contribution in [0.1, 0.15) is 44.2 Å². The molecule has 1 rings (SSSR count). The van der Waals surface area contributed by atoms with Crippen LogP contribution in [0.15, 0.2) is 12.5 Å². The third-order valence-corrected chi connectivity index (χ3v) is 4.92. The van der Waals surface area contributed by atoms with Gasteiger partial charge in [0, 0.05) is 18.3 Å². The Morgan fingerprint density at radius 3 is 2.21 bits per heavy atom. The van der Waals surface area contributed by atoms with Gasteiger partial charge in [-0.3, -0.25) is 14.4 Å². The number of aromatic amines is 1. The van der Waals surface area contributed by atoms with E-state index in [-0.39, 0.29) is 19.4 Å². The standard InChI is InChI=1S/C20H36N8O5/c21-7-3-1-5-14(23)18(30)25-11-17(29)27-15(6-2-4-8-22)19(31)28-16(20(32)33)9-13-10-24-12-26-13/h10,12,14-16H,1-9,11,21-23H2,(H,24,26)(H,25,30)(H,27,29)(H,28,31)(H,32,33). The van der Waals surface area contributed by atoms with Crippen LogP contribution in [0.25, 0.3) is 0 Å². The fourth-order valence-electron chi connectivity index (χ4n) is 3.03. The molecule has 0 aliphatic rings. The Morgan fingerprint density at radius 1 is 0.970 bits per heavy atom. The Balaban J connectivity index is 2.65. The summed E-state index contributed by atoms with van der Waals surface area (Å²) in [5, 5.41) is 16.9. The lowest BCUT2D eigenvalue weighted by atomic mass is 10.1. The number of hydrogen-bond donors (Lipinski definition) is 8. The van der Waals surface area contributed by atoms with Gasteiger partial charge in [-0.25, -0.2) is 9.78 Å². The minimum absolute atomic E-state index is 0.00262. The first-order valence-corrected chi connectivity index (χ1v) is 11.0. The summed E-state index contributed by atoms with van der Waals surface area (Å²) in [4.78, 5) is 55.3. The lowest BCUT2D eigenvalue weighted by Crippen LogP contribution is -2.54. The molecule has 0 spiro atoms. The molecule has 0 saturated carbocycles. The Kier molecular flexibility index (Phi) is 13.3. The Hall–Kier alpha value is -3.03. The maximum absolute atomic E-state index is 12.7. The average Bonchev–Trinajstić information content (AvgIpc) is 3.29. The molecule has 0 aliphatic carbocycles. The predicted molar refractivity (Wildman–Crippen MR) is 121 cm³/mol. The van der Waals surface area contributed by atoms with Gasteiger partial charge in [0.25, 0.3) is 0 Å². The van der Waals surface area contributed by atoms with E-state index in [4.69, 9.17) is 17.2 Å². The molecule has 1 aromatic heterocycles. The number of imidazole rings is 1. The van der Waals surface area contributed by atoms with Crippen LogP contribution < -0.4 is 33.2 Å². The molecule has 0 aliphatic heterocycles. The number of rotatable bonds is 17. The second-order valence-electron chi connectivity index (χ2n) is 7.69. The molecule has 0 fully saturated rings. The van der Waals surface area contributed by atoms with Gasteiger partial charge in [0.05, 0.1) is 18.9 Å². The Labute approximate surface area is 192 Å². The fourth-order valence-corrected chi connectivity index (χ4v) is 3.03. The van der Waals surface area contributed by atoms with E-state index in [0.717, 1.165) is 6.42 Å². The zero-order chi connectivity index (χ0) is 24.6. The lowest BCUT2D eigenvalue weighted by Gasteiger charge is -2.21. The molecule has 3 unspecified atom stereocenters. The molecule has 0 radical (unpaired) electrons. The van der Waals surface area contributed by atoms with Crippen LogP contribution in [0.2, 0.25) is 0 Å². The minimum Gasteiger partial charge on any atom is -0.480 e. The topological polar surface area (TPSA) is 231 Å². The van der Waals surface area contributed by atoms with Crippen LogP contribution >= 0.6 is 0 Å². The monoisotopic (exact) mass is 468 g/mol. The number of nitrogens with one attached hydrogen (secondary N) is 4. The molecule has 186 valence electrons. The van der Waals surface area contributed by atoms with Gasteiger partial charge in [-0.2, -0.15) is 0 Å². The summed E-state index contributed by atoms with van der Waals surface area (Å²) in [7, 11) is 0. The largest absolute Gasteiger partial charge is 0.480 e. The third-order valence-electron chi connectivity index (χ3n) is 4.92. The number of nitrogens with zero attached hydrogens (tertiary/aromatic N) is 1. The number of carboxylic acids is 1. The molecular weight excluding hydrogens is 432 g/mol. The van der Waals surface area contributed by atoms with E-state index in [2.05, 4.69) is 25.9 Å². The molecule has 13 heteroatoms. The van der Waals surface area contributed by atoms with Gasteiger partial charge in [-0.15, -0.1) is 0 Å². The fraction of sp³-hybridized carbons (Fsp3) is 0.650. The van der Waals surface area contributed by atoms with Crippen molar-refractivity contribution in [2.24, 2.45) is 17.2 Å². The number of H-pyrrole nitrogens is 1. The first kappa shape index (κ1) is 28.0. The number of hydrogen-bond acceptors (Lipinski definition) is 8. The average molecular weight is 469 g/mol. The predicted octanol–water partition coefficient (Wildman–Crippen LogP) is -2.29. The van der Waals surface area contributed by atoms with Gasteiger partial charge >= 0.3 is 5.97 Å². The van der Waals surface area contributed by atoms with Crippen LogP contribution in [0, 0.1) is 0 Å². The lowest BCUT2D eigenvalue weighted by molar-refractivity contribution is -0.142. The Morgan fingerprint density at radius 2 is 1.64 bits per heavy atom. The van der Waals surface area contributed by atoms with Gasteiger partial charge < -0.3 is 43.2 Å². The highest BCUT2D eigenvalue weighted by molar-refractivity contribution is 5.92. The highest BCUT2D eigenvalue weighted by atomic mass is 16.4. The molecule has 3 atom stereocenters. The first-order valence-electron chi connectivity index (χ1n) is 11.0. The van der Waals surface area contributed by atoms with Crippen molar-refractivity contribution in [2.45, 2.75) is 63.1 Å². The third kappa shape index (κ3) is 11.4. The summed E-state index contributed by atoms with van der Waals surface area (Å²) in [5.41, 5.74) is 17.2. The normalized spacial score (nSPS) is 13.5. The molecule has 3 amide bonds. The molecule has 1 heterocycles. The minimum atomic E-state index is -1.22. The molecule has 0 bridgehead atoms. The summed E-state index contributed by atoms with van der Waals surface area (Å²) in [6.07, 6.45) is 6.21. The van der Waals surface area contributed by atoms with E-state index >= 15 is 0 Å². The molecular formula is C20H36N8O5. The van der Waals surface area contributed by atoms with Gasteiger partial charge in [0.1, 0.15) is 12.1 Å². The van der Waals surface area contributed by atoms with E-state index in [1.165, 1.54) is 12.5 Å². The van der Waals surface area contributed by atoms with Gasteiger partial charge in [-0.05, 0) is 45.2 Å². The first-order chi connectivity index (χ1) is 15.8. The second-order valence-corrected chi connectivity index (χ2v) is 7.69. The summed E-state index contributed by atoms with van der Waals surface area (Å²) in [6, 6.07) is -2.95. The van der Waals surface area contributed by atoms with Gasteiger partial charge in [0.2, 0.25) is 17.7 Å². The van der Waals surface area contributed by atoms with Crippen molar-refractivity contribution in [3.63, 3.8) is 0 Å². The number of amides is 3. The van der Waals surface area contributed by atoms with Gasteiger partial charge in [0.15, 0.2) is 0 Å². The summed E-state index contributed by atoms with van der Waals surface area (Å²) < 4.78 is 0. The number of carboxylic acid groups (broad SMARTS) is 1. The number of carbonyl (C=O) groups is 4. The maximum atomic E-state index is 12.7. The van der Waals surface area contributed by atoms with Crippen molar-refractivity contribution in [1.29, 1.82) is 0 Å². The van der Waals surface area contributed by atoms with E-state index in [9.17, 15) is 24.3 Å². The van der Waals surface area contributed by atoms with E-state index in [0.29, 0.717) is 44.5 Å². The quantitative estimate of drug-likeness (QED) is 0.115. The van der Waals surface area contributed by atoms with Crippen molar-refractivity contribution in [1.82, 2.24) is 25.9 Å². The van der Waals surface area contributed by atoms with E-state index in [1.807, 2.05) is 0 Å². The SMILES string of the molecule is NCCCCC(N)C(=O)NCC(=O)NC(CCCCN)C(=O)NC(Cc1cnc[nH]1)C(=O)O. The number of carbonyl (C=O) groups excluding carboxylic acids is 3. The highest BCUT2D eigenvalue weighted by Crippen LogP contribution is 2.04. The maximum Gasteiger partial charge on any atom is 0.326 e. The molecule has 33 heavy (non-hydrogen) atoms. The van der Waals surface area contributed by atoms with Gasteiger partial charge in [-0.1, -0.05) is 6.42 Å². The molecule has 0 aromatic carbocycles. The zero-order valence-electron chi connectivity index (χ0n) is 18.7. The number of aromatic nitrogens is 2. The van der Waals surface area contributed by atoms with Crippen LogP contribution in [0.3, 0.4) is 0 Å². The highest BCUT2D eigenvalue weighted by Gasteiger charge is 2.27. The van der Waals surface area contributed by atoms with Crippen LogP contribution in [-0.4, -0.2) is 76.5 Å². The summed E-state index contributed by atoms with van der Waals surface area (Å²) >= 11 is 0. The van der Waals surface area contributed by atoms with Crippen LogP contribution in [0.5, 0.6) is 0 Å². The van der Waals surface area contributed by atoms with Crippen molar-refractivity contribution >= 4 is 23.7 Å². The molecule has 13 nitrogen and oxygen atoms in total. The molecule has 11 N–H and O–H groups in total. The van der Waals surface area contributed by atoms with Crippen molar-refractivity contribution < 1.29 is 24.3 Å². The van der Waals surface area contributed by atoms with Crippen molar-refractivity contribution in [3.05, 3.63) is 18.2 Å².